The van der Waals surface area contributed by atoms with Gasteiger partial charge in [0, 0.05) is 22.3 Å². The molecule has 0 unspecified atom stereocenters. The van der Waals surface area contributed by atoms with Gasteiger partial charge in [-0.15, -0.1) is 5.10 Å². The van der Waals surface area contributed by atoms with Gasteiger partial charge in [0.05, 0.1) is 10.6 Å². The van der Waals surface area contributed by atoms with Gasteiger partial charge in [-0.3, -0.25) is 0 Å². The van der Waals surface area contributed by atoms with Crippen molar-refractivity contribution in [3.05, 3.63) is 65.8 Å². The highest BCUT2D eigenvalue weighted by atomic mass is 35.5. The van der Waals surface area contributed by atoms with Gasteiger partial charge in [0.15, 0.2) is 0 Å². The van der Waals surface area contributed by atoms with E-state index < -0.39 is 10.0 Å². The third kappa shape index (κ3) is 2.84. The average molecular weight is 386 g/mol. The number of halogens is 1. The van der Waals surface area contributed by atoms with Gasteiger partial charge < -0.3 is 0 Å². The van der Waals surface area contributed by atoms with Crippen LogP contribution in [0.15, 0.2) is 65.7 Å². The molecule has 0 aliphatic heterocycles. The summed E-state index contributed by atoms with van der Waals surface area (Å²) >= 11 is 6.18. The molecule has 2 aromatic carbocycles. The summed E-state index contributed by atoms with van der Waals surface area (Å²) < 4.78 is 25.6. The van der Waals surface area contributed by atoms with E-state index in [0.29, 0.717) is 33.0 Å². The van der Waals surface area contributed by atoms with Gasteiger partial charge in [-0.05, 0) is 30.3 Å². The van der Waals surface area contributed by atoms with E-state index in [1.807, 2.05) is 6.07 Å². The molecule has 130 valence electrons. The fourth-order valence-corrected chi connectivity index (χ4v) is 3.71. The normalized spacial score (nSPS) is 11.8. The van der Waals surface area contributed by atoms with Crippen LogP contribution in [0.1, 0.15) is 0 Å². The first kappa shape index (κ1) is 16.6. The maximum absolute atomic E-state index is 12.0. The zero-order valence-electron chi connectivity index (χ0n) is 13.2. The summed E-state index contributed by atoms with van der Waals surface area (Å²) in [7, 11) is -3.91. The van der Waals surface area contributed by atoms with E-state index in [9.17, 15) is 8.42 Å². The average Bonchev–Trinajstić information content (AvgIpc) is 3.05. The Hall–Kier alpha value is -2.81. The third-order valence-corrected chi connectivity index (χ3v) is 5.10. The lowest BCUT2D eigenvalue weighted by atomic mass is 10.0. The Labute approximate surface area is 154 Å². The number of fused-ring (bicyclic) bond motifs is 1. The second-order valence-electron chi connectivity index (χ2n) is 5.55. The van der Waals surface area contributed by atoms with Crippen LogP contribution in [0.3, 0.4) is 0 Å². The molecule has 0 radical (unpaired) electrons. The molecular formula is C17H12ClN5O2S. The fourth-order valence-electron chi connectivity index (χ4n) is 2.79. The van der Waals surface area contributed by atoms with E-state index >= 15 is 0 Å². The zero-order valence-corrected chi connectivity index (χ0v) is 14.8. The molecule has 0 spiro atoms. The maximum Gasteiger partial charge on any atom is 0.238 e. The van der Waals surface area contributed by atoms with Gasteiger partial charge in [0.1, 0.15) is 5.52 Å². The van der Waals surface area contributed by atoms with Crippen LogP contribution in [0.2, 0.25) is 5.02 Å². The van der Waals surface area contributed by atoms with Crippen molar-refractivity contribution in [2.75, 3.05) is 0 Å². The summed E-state index contributed by atoms with van der Waals surface area (Å²) in [6.45, 7) is 0. The van der Waals surface area contributed by atoms with Crippen LogP contribution in [0.4, 0.5) is 0 Å². The number of benzene rings is 2. The Bertz CT molecular complexity index is 1240. The van der Waals surface area contributed by atoms with Crippen LogP contribution >= 0.6 is 11.6 Å². The van der Waals surface area contributed by atoms with Gasteiger partial charge >= 0.3 is 0 Å². The first-order valence-corrected chi connectivity index (χ1v) is 9.46. The summed E-state index contributed by atoms with van der Waals surface area (Å²) in [4.78, 5) is 4.19. The van der Waals surface area contributed by atoms with Gasteiger partial charge in [0.25, 0.3) is 0 Å². The van der Waals surface area contributed by atoms with E-state index in [2.05, 4.69) is 15.3 Å². The topological polar surface area (TPSA) is 104 Å². The number of nitrogens with two attached hydrogens (primary N) is 1. The van der Waals surface area contributed by atoms with Gasteiger partial charge in [0.2, 0.25) is 15.7 Å². The van der Waals surface area contributed by atoms with Crippen molar-refractivity contribution in [1.82, 2.24) is 20.0 Å². The molecule has 0 atom stereocenters. The number of aromatic nitrogens is 4. The molecule has 0 amide bonds. The molecule has 4 rings (SSSR count). The van der Waals surface area contributed by atoms with Crippen LogP contribution < -0.4 is 5.14 Å². The highest BCUT2D eigenvalue weighted by Gasteiger charge is 2.19. The minimum Gasteiger partial charge on any atom is -0.234 e. The Morgan fingerprint density at radius 2 is 1.81 bits per heavy atom. The van der Waals surface area contributed by atoms with Crippen LogP contribution in [0.5, 0.6) is 0 Å². The number of sulfonamides is 1. The molecule has 26 heavy (non-hydrogen) atoms. The van der Waals surface area contributed by atoms with E-state index in [1.54, 1.807) is 53.3 Å². The summed E-state index contributed by atoms with van der Waals surface area (Å²) in [5, 5.41) is 14.1. The quantitative estimate of drug-likeness (QED) is 0.584. The molecule has 0 saturated heterocycles. The first-order valence-electron chi connectivity index (χ1n) is 7.54. The molecule has 2 aromatic heterocycles. The first-order chi connectivity index (χ1) is 12.4. The lowest BCUT2D eigenvalue weighted by Gasteiger charge is -2.13. The number of pyridine rings is 1. The van der Waals surface area contributed by atoms with Gasteiger partial charge in [-0.1, -0.05) is 41.1 Å². The summed E-state index contributed by atoms with van der Waals surface area (Å²) in [5.74, 6) is 0. The van der Waals surface area contributed by atoms with E-state index in [0.717, 1.165) is 0 Å². The summed E-state index contributed by atoms with van der Waals surface area (Å²) in [6.07, 6.45) is 1.62. The molecule has 2 heterocycles. The van der Waals surface area contributed by atoms with E-state index in [1.165, 1.54) is 6.07 Å². The second kappa shape index (κ2) is 6.17. The SMILES string of the molecule is NS(=O)(=O)c1ccccc1-c1ccc(Cl)cc1-n1nnc2ncccc21. The summed E-state index contributed by atoms with van der Waals surface area (Å²) in [5.41, 5.74) is 2.77. The van der Waals surface area contributed by atoms with Crippen LogP contribution in [0.25, 0.3) is 28.0 Å². The van der Waals surface area contributed by atoms with Crippen molar-refractivity contribution < 1.29 is 8.42 Å². The number of hydrogen-bond acceptors (Lipinski definition) is 5. The fraction of sp³-hybridized carbons (Fsp3) is 0. The monoisotopic (exact) mass is 385 g/mol. The van der Waals surface area contributed by atoms with Crippen molar-refractivity contribution >= 4 is 32.8 Å². The molecule has 0 aliphatic carbocycles. The van der Waals surface area contributed by atoms with E-state index in [-0.39, 0.29) is 4.90 Å². The third-order valence-electron chi connectivity index (χ3n) is 3.89. The van der Waals surface area contributed by atoms with Crippen molar-refractivity contribution in [2.24, 2.45) is 5.14 Å². The largest absolute Gasteiger partial charge is 0.238 e. The Balaban J connectivity index is 2.05. The van der Waals surface area contributed by atoms with Crippen LogP contribution in [-0.2, 0) is 10.0 Å². The van der Waals surface area contributed by atoms with Crippen molar-refractivity contribution in [1.29, 1.82) is 0 Å². The predicted octanol–water partition coefficient (Wildman–Crippen LogP) is 2.78. The maximum atomic E-state index is 12.0. The van der Waals surface area contributed by atoms with Crippen LogP contribution in [-0.4, -0.2) is 28.4 Å². The highest BCUT2D eigenvalue weighted by Crippen LogP contribution is 2.34. The molecule has 4 aromatic rings. The van der Waals surface area contributed by atoms with Gasteiger partial charge in [-0.25, -0.2) is 23.2 Å². The molecule has 0 aliphatic rings. The van der Waals surface area contributed by atoms with E-state index in [4.69, 9.17) is 16.7 Å². The second-order valence-corrected chi connectivity index (χ2v) is 7.52. The number of hydrogen-bond donors (Lipinski definition) is 1. The minimum atomic E-state index is -3.91. The minimum absolute atomic E-state index is 0.0196. The molecule has 2 N–H and O–H groups in total. The smallest absolute Gasteiger partial charge is 0.234 e. The Morgan fingerprint density at radius 3 is 2.62 bits per heavy atom. The molecule has 7 nitrogen and oxygen atoms in total. The Kier molecular flexibility index (Phi) is 3.95. The molecular weight excluding hydrogens is 374 g/mol. The predicted molar refractivity (Wildman–Crippen MR) is 98.5 cm³/mol. The molecule has 9 heteroatoms. The lowest BCUT2D eigenvalue weighted by molar-refractivity contribution is 0.598. The van der Waals surface area contributed by atoms with Crippen molar-refractivity contribution in [3.8, 4) is 16.8 Å². The number of nitrogens with zero attached hydrogens (tertiary/aromatic N) is 4. The lowest BCUT2D eigenvalue weighted by Crippen LogP contribution is -2.13. The molecule has 0 saturated carbocycles. The summed E-state index contributed by atoms with van der Waals surface area (Å²) in [6, 6.07) is 15.2. The zero-order chi connectivity index (χ0) is 18.3. The van der Waals surface area contributed by atoms with Crippen LogP contribution in [0, 0.1) is 0 Å². The molecule has 0 fully saturated rings. The Morgan fingerprint density at radius 1 is 1.00 bits per heavy atom. The molecule has 0 bridgehead atoms. The number of primary sulfonamides is 1. The highest BCUT2D eigenvalue weighted by molar-refractivity contribution is 7.89. The van der Waals surface area contributed by atoms with Gasteiger partial charge in [-0.2, -0.15) is 0 Å². The van der Waals surface area contributed by atoms with Crippen molar-refractivity contribution in [3.63, 3.8) is 0 Å². The number of rotatable bonds is 3. The standard InChI is InChI=1S/C17H12ClN5O2S/c18-11-7-8-12(13-4-1-2-6-16(13)26(19,24)25)15(10-11)23-14-5-3-9-20-17(14)21-22-23/h1-10H,(H2,19,24,25). The van der Waals surface area contributed by atoms with Crippen molar-refractivity contribution in [2.45, 2.75) is 4.90 Å².